The highest BCUT2D eigenvalue weighted by Gasteiger charge is 2.12. The van der Waals surface area contributed by atoms with Crippen LogP contribution in [-0.4, -0.2) is 22.4 Å². The molecule has 2 heterocycles. The molecule has 0 aliphatic rings. The number of carbonyl (C=O) groups excluding carboxylic acids is 1. The Morgan fingerprint density at radius 2 is 2.29 bits per heavy atom. The summed E-state index contributed by atoms with van der Waals surface area (Å²) in [6.07, 6.45) is 2.04. The molecule has 21 heavy (non-hydrogen) atoms. The van der Waals surface area contributed by atoms with E-state index in [9.17, 15) is 4.79 Å². The molecule has 0 radical (unpaired) electrons. The van der Waals surface area contributed by atoms with Crippen molar-refractivity contribution in [2.75, 3.05) is 12.3 Å². The number of nitrogens with zero attached hydrogens (tertiary/aromatic N) is 2. The monoisotopic (exact) mass is 291 g/mol. The van der Waals surface area contributed by atoms with Crippen molar-refractivity contribution in [2.45, 2.75) is 33.7 Å². The summed E-state index contributed by atoms with van der Waals surface area (Å²) < 4.78 is 12.0. The Kier molecular flexibility index (Phi) is 4.67. The maximum Gasteiger partial charge on any atom is 0.306 e. The Morgan fingerprint density at radius 1 is 1.52 bits per heavy atom. The molecule has 6 nitrogen and oxygen atoms in total. The first-order valence-corrected chi connectivity index (χ1v) is 7.00. The van der Waals surface area contributed by atoms with E-state index in [2.05, 4.69) is 5.10 Å². The van der Waals surface area contributed by atoms with Crippen LogP contribution in [0.1, 0.15) is 26.0 Å². The molecule has 0 bridgehead atoms. The van der Waals surface area contributed by atoms with Crippen LogP contribution in [-0.2, 0) is 16.1 Å². The number of hydrogen-bond acceptors (Lipinski definition) is 5. The third-order valence-electron chi connectivity index (χ3n) is 3.09. The molecule has 2 N–H and O–H groups in total. The molecule has 0 unspecified atom stereocenters. The summed E-state index contributed by atoms with van der Waals surface area (Å²) in [6.45, 7) is 6.53. The van der Waals surface area contributed by atoms with E-state index in [4.69, 9.17) is 14.9 Å². The number of aryl methyl sites for hydroxylation is 1. The lowest BCUT2D eigenvalue weighted by Gasteiger charge is -2.07. The highest BCUT2D eigenvalue weighted by Crippen LogP contribution is 2.24. The number of anilines is 1. The first-order valence-electron chi connectivity index (χ1n) is 7.00. The van der Waals surface area contributed by atoms with E-state index >= 15 is 0 Å². The molecule has 0 aliphatic carbocycles. The molecule has 0 saturated heterocycles. The fraction of sp³-hybridized carbons (Fsp3) is 0.467. The first kappa shape index (κ1) is 15.2. The Morgan fingerprint density at radius 3 is 2.90 bits per heavy atom. The van der Waals surface area contributed by atoms with Crippen LogP contribution in [0.4, 0.5) is 5.82 Å². The van der Waals surface area contributed by atoms with Crippen LogP contribution < -0.4 is 5.73 Å². The van der Waals surface area contributed by atoms with Gasteiger partial charge in [-0.15, -0.1) is 0 Å². The molecule has 0 saturated carbocycles. The lowest BCUT2D eigenvalue weighted by atomic mass is 10.1. The van der Waals surface area contributed by atoms with Crippen LogP contribution in [0.15, 0.2) is 22.8 Å². The summed E-state index contributed by atoms with van der Waals surface area (Å²) in [7, 11) is 0. The van der Waals surface area contributed by atoms with E-state index in [0.29, 0.717) is 24.7 Å². The number of aromatic nitrogens is 2. The summed E-state index contributed by atoms with van der Waals surface area (Å²) in [5.41, 5.74) is 7.60. The van der Waals surface area contributed by atoms with Gasteiger partial charge in [0, 0.05) is 18.1 Å². The topological polar surface area (TPSA) is 83.3 Å². The average Bonchev–Trinajstić information content (AvgIpc) is 2.95. The van der Waals surface area contributed by atoms with Crippen molar-refractivity contribution >= 4 is 11.8 Å². The Balaban J connectivity index is 1.94. The second-order valence-electron chi connectivity index (χ2n) is 5.39. The van der Waals surface area contributed by atoms with Gasteiger partial charge in [0.25, 0.3) is 0 Å². The summed E-state index contributed by atoms with van der Waals surface area (Å²) in [5.74, 6) is 1.43. The van der Waals surface area contributed by atoms with Gasteiger partial charge in [0.15, 0.2) is 0 Å². The van der Waals surface area contributed by atoms with E-state index in [1.807, 2.05) is 26.8 Å². The summed E-state index contributed by atoms with van der Waals surface area (Å²) >= 11 is 0. The molecule has 2 aromatic heterocycles. The molecular weight excluding hydrogens is 270 g/mol. The first-order chi connectivity index (χ1) is 9.97. The fourth-order valence-electron chi connectivity index (χ4n) is 2.03. The van der Waals surface area contributed by atoms with Gasteiger partial charge in [-0.05, 0) is 18.9 Å². The van der Waals surface area contributed by atoms with E-state index in [1.54, 1.807) is 17.0 Å². The van der Waals surface area contributed by atoms with Gasteiger partial charge >= 0.3 is 5.97 Å². The molecule has 6 heteroatoms. The number of nitrogens with two attached hydrogens (primary N) is 1. The minimum atomic E-state index is -0.193. The smallest absolute Gasteiger partial charge is 0.306 e. The van der Waals surface area contributed by atoms with Crippen molar-refractivity contribution in [2.24, 2.45) is 5.92 Å². The standard InChI is InChI=1S/C15H21N3O3/c1-10(2)8-15(19)21-7-5-18-14(16)9-13(17-18)12-4-6-20-11(12)3/h4,6,9-10H,5,7-8,16H2,1-3H3. The largest absolute Gasteiger partial charge is 0.469 e. The second kappa shape index (κ2) is 6.47. The molecule has 0 aromatic carbocycles. The SMILES string of the molecule is Cc1occc1-c1cc(N)n(CCOC(=O)CC(C)C)n1. The van der Waals surface area contributed by atoms with Crippen molar-refractivity contribution in [3.63, 3.8) is 0 Å². The number of carbonyl (C=O) groups is 1. The molecule has 0 atom stereocenters. The van der Waals surface area contributed by atoms with Crippen LogP contribution in [0.5, 0.6) is 0 Å². The zero-order chi connectivity index (χ0) is 15.4. The number of hydrogen-bond donors (Lipinski definition) is 1. The Bertz CT molecular complexity index is 613. The minimum Gasteiger partial charge on any atom is -0.469 e. The maximum atomic E-state index is 11.5. The number of ether oxygens (including phenoxy) is 1. The van der Waals surface area contributed by atoms with E-state index in [-0.39, 0.29) is 12.6 Å². The van der Waals surface area contributed by atoms with E-state index in [1.165, 1.54) is 0 Å². The predicted octanol–water partition coefficient (Wildman–Crippen LogP) is 2.62. The highest BCUT2D eigenvalue weighted by atomic mass is 16.5. The predicted molar refractivity (Wildman–Crippen MR) is 79.5 cm³/mol. The number of esters is 1. The van der Waals surface area contributed by atoms with Crippen molar-refractivity contribution in [1.82, 2.24) is 9.78 Å². The van der Waals surface area contributed by atoms with Crippen LogP contribution in [0, 0.1) is 12.8 Å². The molecule has 0 aliphatic heterocycles. The molecule has 2 rings (SSSR count). The van der Waals surface area contributed by atoms with Gasteiger partial charge in [-0.2, -0.15) is 5.10 Å². The third kappa shape index (κ3) is 3.87. The molecule has 2 aromatic rings. The van der Waals surface area contributed by atoms with Crippen molar-refractivity contribution in [3.8, 4) is 11.3 Å². The molecule has 0 spiro atoms. The average molecular weight is 291 g/mol. The van der Waals surface area contributed by atoms with Crippen LogP contribution in [0.2, 0.25) is 0 Å². The summed E-state index contributed by atoms with van der Waals surface area (Å²) in [6, 6.07) is 3.64. The van der Waals surface area contributed by atoms with Gasteiger partial charge in [-0.3, -0.25) is 4.79 Å². The Labute approximate surface area is 123 Å². The molecular formula is C15H21N3O3. The normalized spacial score (nSPS) is 11.0. The second-order valence-corrected chi connectivity index (χ2v) is 5.39. The summed E-state index contributed by atoms with van der Waals surface area (Å²) in [4.78, 5) is 11.5. The summed E-state index contributed by atoms with van der Waals surface area (Å²) in [5, 5.41) is 4.41. The van der Waals surface area contributed by atoms with Gasteiger partial charge in [0.2, 0.25) is 0 Å². The number of rotatable bonds is 6. The van der Waals surface area contributed by atoms with E-state index < -0.39 is 0 Å². The maximum absolute atomic E-state index is 11.5. The lowest BCUT2D eigenvalue weighted by Crippen LogP contribution is -2.14. The lowest BCUT2D eigenvalue weighted by molar-refractivity contribution is -0.144. The van der Waals surface area contributed by atoms with Crippen molar-refractivity contribution in [1.29, 1.82) is 0 Å². The number of nitrogen functional groups attached to an aromatic ring is 1. The minimum absolute atomic E-state index is 0.193. The quantitative estimate of drug-likeness (QED) is 0.827. The fourth-order valence-corrected chi connectivity index (χ4v) is 2.03. The van der Waals surface area contributed by atoms with Crippen molar-refractivity contribution in [3.05, 3.63) is 24.2 Å². The van der Waals surface area contributed by atoms with Gasteiger partial charge in [0.05, 0.1) is 18.5 Å². The van der Waals surface area contributed by atoms with Gasteiger partial charge in [0.1, 0.15) is 18.2 Å². The van der Waals surface area contributed by atoms with Gasteiger partial charge < -0.3 is 14.9 Å². The zero-order valence-electron chi connectivity index (χ0n) is 12.6. The van der Waals surface area contributed by atoms with Crippen molar-refractivity contribution < 1.29 is 13.9 Å². The van der Waals surface area contributed by atoms with E-state index in [0.717, 1.165) is 17.0 Å². The molecule has 0 amide bonds. The van der Waals surface area contributed by atoms with Gasteiger partial charge in [-0.1, -0.05) is 13.8 Å². The van der Waals surface area contributed by atoms with Crippen LogP contribution in [0.3, 0.4) is 0 Å². The van der Waals surface area contributed by atoms with Crippen LogP contribution >= 0.6 is 0 Å². The highest BCUT2D eigenvalue weighted by molar-refractivity contribution is 5.69. The zero-order valence-corrected chi connectivity index (χ0v) is 12.6. The number of furan rings is 1. The molecule has 0 fully saturated rings. The van der Waals surface area contributed by atoms with Crippen LogP contribution in [0.25, 0.3) is 11.3 Å². The Hall–Kier alpha value is -2.24. The van der Waals surface area contributed by atoms with Gasteiger partial charge in [-0.25, -0.2) is 4.68 Å². The molecule has 114 valence electrons. The third-order valence-corrected chi connectivity index (χ3v) is 3.09.